The SMILES string of the molecule is Cc1nn(C)c(C(=O)NC(C)CNc2ccccc2)c1[N+](=O)[O-]. The second-order valence-electron chi connectivity index (χ2n) is 5.28. The largest absolute Gasteiger partial charge is 0.383 e. The van der Waals surface area contributed by atoms with Crippen molar-refractivity contribution in [3.8, 4) is 0 Å². The third-order valence-electron chi connectivity index (χ3n) is 3.35. The van der Waals surface area contributed by atoms with Gasteiger partial charge in [-0.05, 0) is 26.0 Å². The highest BCUT2D eigenvalue weighted by molar-refractivity contribution is 5.97. The number of hydrogen-bond donors (Lipinski definition) is 2. The van der Waals surface area contributed by atoms with Crippen LogP contribution in [0.25, 0.3) is 0 Å². The van der Waals surface area contributed by atoms with Crippen LogP contribution < -0.4 is 10.6 Å². The fourth-order valence-corrected chi connectivity index (χ4v) is 2.29. The Balaban J connectivity index is 2.03. The average Bonchev–Trinajstić information content (AvgIpc) is 2.81. The normalized spacial score (nSPS) is 11.8. The van der Waals surface area contributed by atoms with Gasteiger partial charge in [-0.25, -0.2) is 0 Å². The van der Waals surface area contributed by atoms with Gasteiger partial charge < -0.3 is 10.6 Å². The van der Waals surface area contributed by atoms with Crippen LogP contribution in [-0.2, 0) is 7.05 Å². The van der Waals surface area contributed by atoms with E-state index < -0.39 is 10.8 Å². The van der Waals surface area contributed by atoms with Crippen LogP contribution in [0.1, 0.15) is 23.1 Å². The molecule has 8 nitrogen and oxygen atoms in total. The number of rotatable bonds is 6. The maximum absolute atomic E-state index is 12.3. The van der Waals surface area contributed by atoms with Crippen molar-refractivity contribution in [2.75, 3.05) is 11.9 Å². The van der Waals surface area contributed by atoms with Crippen molar-refractivity contribution >= 4 is 17.3 Å². The van der Waals surface area contributed by atoms with Crippen molar-refractivity contribution < 1.29 is 9.72 Å². The van der Waals surface area contributed by atoms with E-state index >= 15 is 0 Å². The lowest BCUT2D eigenvalue weighted by molar-refractivity contribution is -0.385. The summed E-state index contributed by atoms with van der Waals surface area (Å²) in [6.07, 6.45) is 0. The molecule has 0 aliphatic rings. The zero-order valence-electron chi connectivity index (χ0n) is 13.2. The summed E-state index contributed by atoms with van der Waals surface area (Å²) in [5, 5.41) is 21.0. The molecule has 2 N–H and O–H groups in total. The molecular weight excluding hydrogens is 298 g/mol. The van der Waals surface area contributed by atoms with Crippen molar-refractivity contribution in [2.45, 2.75) is 19.9 Å². The number of nitro groups is 1. The second kappa shape index (κ2) is 6.91. The number of benzene rings is 1. The maximum atomic E-state index is 12.3. The van der Waals surface area contributed by atoms with Gasteiger partial charge in [0.05, 0.1) is 4.92 Å². The summed E-state index contributed by atoms with van der Waals surface area (Å²) < 4.78 is 1.24. The Morgan fingerprint density at radius 3 is 2.65 bits per heavy atom. The molecule has 0 aliphatic carbocycles. The highest BCUT2D eigenvalue weighted by atomic mass is 16.6. The van der Waals surface area contributed by atoms with Crippen molar-refractivity contribution in [1.29, 1.82) is 0 Å². The molecule has 1 amide bonds. The number of anilines is 1. The van der Waals surface area contributed by atoms with E-state index in [-0.39, 0.29) is 23.1 Å². The van der Waals surface area contributed by atoms with Gasteiger partial charge in [0, 0.05) is 25.3 Å². The van der Waals surface area contributed by atoms with E-state index in [1.165, 1.54) is 18.7 Å². The molecule has 0 saturated carbocycles. The summed E-state index contributed by atoms with van der Waals surface area (Å²) in [5.74, 6) is -0.512. The van der Waals surface area contributed by atoms with Crippen LogP contribution in [0.4, 0.5) is 11.4 Å². The summed E-state index contributed by atoms with van der Waals surface area (Å²) in [6, 6.07) is 9.37. The zero-order chi connectivity index (χ0) is 17.0. The highest BCUT2D eigenvalue weighted by Crippen LogP contribution is 2.22. The minimum Gasteiger partial charge on any atom is -0.383 e. The van der Waals surface area contributed by atoms with Crippen LogP contribution in [0.15, 0.2) is 30.3 Å². The first kappa shape index (κ1) is 16.5. The van der Waals surface area contributed by atoms with Crippen molar-refractivity contribution in [3.05, 3.63) is 51.8 Å². The van der Waals surface area contributed by atoms with Crippen LogP contribution in [0, 0.1) is 17.0 Å². The Bertz CT molecular complexity index is 711. The van der Waals surface area contributed by atoms with Crippen molar-refractivity contribution in [3.63, 3.8) is 0 Å². The molecule has 1 unspecified atom stereocenters. The number of carbonyl (C=O) groups is 1. The number of aryl methyl sites for hydroxylation is 2. The van der Waals surface area contributed by atoms with Crippen molar-refractivity contribution in [1.82, 2.24) is 15.1 Å². The Kier molecular flexibility index (Phi) is 4.95. The number of para-hydroxylation sites is 1. The van der Waals surface area contributed by atoms with E-state index in [2.05, 4.69) is 15.7 Å². The lowest BCUT2D eigenvalue weighted by atomic mass is 10.2. The van der Waals surface area contributed by atoms with Crippen LogP contribution >= 0.6 is 0 Å². The van der Waals surface area contributed by atoms with Crippen LogP contribution in [0.2, 0.25) is 0 Å². The molecule has 0 radical (unpaired) electrons. The first-order valence-corrected chi connectivity index (χ1v) is 7.18. The molecule has 1 atom stereocenters. The van der Waals surface area contributed by atoms with Gasteiger partial charge in [0.15, 0.2) is 0 Å². The number of hydrogen-bond acceptors (Lipinski definition) is 5. The fraction of sp³-hybridized carbons (Fsp3) is 0.333. The number of aromatic nitrogens is 2. The molecule has 23 heavy (non-hydrogen) atoms. The smallest absolute Gasteiger partial charge is 0.322 e. The van der Waals surface area contributed by atoms with E-state index in [4.69, 9.17) is 0 Å². The molecule has 0 bridgehead atoms. The number of nitrogens with one attached hydrogen (secondary N) is 2. The van der Waals surface area contributed by atoms with Gasteiger partial charge in [-0.15, -0.1) is 0 Å². The van der Waals surface area contributed by atoms with Gasteiger partial charge in [0.2, 0.25) is 5.69 Å². The van der Waals surface area contributed by atoms with Gasteiger partial charge in [-0.1, -0.05) is 18.2 Å². The second-order valence-corrected chi connectivity index (χ2v) is 5.28. The van der Waals surface area contributed by atoms with Crippen LogP contribution in [0.5, 0.6) is 0 Å². The Morgan fingerprint density at radius 1 is 1.39 bits per heavy atom. The molecule has 8 heteroatoms. The molecule has 0 aliphatic heterocycles. The number of amides is 1. The minimum absolute atomic E-state index is 0.0425. The zero-order valence-corrected chi connectivity index (χ0v) is 13.2. The molecular formula is C15H19N5O3. The van der Waals surface area contributed by atoms with Crippen LogP contribution in [0.3, 0.4) is 0 Å². The lowest BCUT2D eigenvalue weighted by Crippen LogP contribution is -2.38. The van der Waals surface area contributed by atoms with Gasteiger partial charge in [-0.2, -0.15) is 5.10 Å². The van der Waals surface area contributed by atoms with Crippen LogP contribution in [-0.4, -0.2) is 33.2 Å². The van der Waals surface area contributed by atoms with Gasteiger partial charge in [-0.3, -0.25) is 19.6 Å². The van der Waals surface area contributed by atoms with E-state index in [0.717, 1.165) is 5.69 Å². The summed E-state index contributed by atoms with van der Waals surface area (Å²) >= 11 is 0. The first-order valence-electron chi connectivity index (χ1n) is 7.18. The van der Waals surface area contributed by atoms with Gasteiger partial charge >= 0.3 is 5.69 Å². The number of nitrogens with zero attached hydrogens (tertiary/aromatic N) is 3. The van der Waals surface area contributed by atoms with E-state index in [0.29, 0.717) is 6.54 Å². The molecule has 0 saturated heterocycles. The first-order chi connectivity index (χ1) is 10.9. The minimum atomic E-state index is -0.579. The fourth-order valence-electron chi connectivity index (χ4n) is 2.29. The summed E-state index contributed by atoms with van der Waals surface area (Å²) in [4.78, 5) is 22.9. The maximum Gasteiger partial charge on any atom is 0.322 e. The Morgan fingerprint density at radius 2 is 2.04 bits per heavy atom. The molecule has 2 rings (SSSR count). The van der Waals surface area contributed by atoms with E-state index in [9.17, 15) is 14.9 Å². The van der Waals surface area contributed by atoms with E-state index in [1.54, 1.807) is 0 Å². The quantitative estimate of drug-likeness (QED) is 0.625. The monoisotopic (exact) mass is 317 g/mol. The molecule has 1 aromatic heterocycles. The number of carbonyl (C=O) groups excluding carboxylic acids is 1. The molecule has 1 heterocycles. The summed E-state index contributed by atoms with van der Waals surface area (Å²) in [6.45, 7) is 3.83. The topological polar surface area (TPSA) is 102 Å². The molecule has 2 aromatic rings. The van der Waals surface area contributed by atoms with Crippen molar-refractivity contribution in [2.24, 2.45) is 7.05 Å². The third-order valence-corrected chi connectivity index (χ3v) is 3.35. The molecule has 0 fully saturated rings. The molecule has 0 spiro atoms. The summed E-state index contributed by atoms with van der Waals surface area (Å²) in [7, 11) is 1.52. The molecule has 1 aromatic carbocycles. The van der Waals surface area contributed by atoms with Gasteiger partial charge in [0.1, 0.15) is 5.69 Å². The predicted molar refractivity (Wildman–Crippen MR) is 86.5 cm³/mol. The summed E-state index contributed by atoms with van der Waals surface area (Å²) in [5.41, 5.74) is 0.862. The lowest BCUT2D eigenvalue weighted by Gasteiger charge is -2.15. The molecule has 122 valence electrons. The average molecular weight is 317 g/mol. The Hall–Kier alpha value is -2.90. The Labute approximate surface area is 133 Å². The highest BCUT2D eigenvalue weighted by Gasteiger charge is 2.29. The van der Waals surface area contributed by atoms with Gasteiger partial charge in [0.25, 0.3) is 5.91 Å². The third kappa shape index (κ3) is 3.85. The standard InChI is InChI=1S/C15H19N5O3/c1-10(9-16-12-7-5-4-6-8-12)17-15(21)14-13(20(22)23)11(2)18-19(14)3/h4-8,10,16H,9H2,1-3H3,(H,17,21). The van der Waals surface area contributed by atoms with E-state index in [1.807, 2.05) is 37.3 Å². The predicted octanol–water partition coefficient (Wildman–Crippen LogP) is 1.87.